The number of aliphatic hydroxyl groups excluding tert-OH is 1. The Hall–Kier alpha value is -2.40. The molecule has 0 bridgehead atoms. The topological polar surface area (TPSA) is 57.6 Å². The number of unbranched alkanes of at least 4 members (excludes halogenated alkanes) is 1. The second-order valence-corrected chi connectivity index (χ2v) is 9.64. The maximum absolute atomic E-state index is 13.0. The third-order valence-electron chi connectivity index (χ3n) is 5.50. The van der Waals surface area contributed by atoms with Gasteiger partial charge in [-0.1, -0.05) is 86.4 Å². The monoisotopic (exact) mass is 469 g/mol. The summed E-state index contributed by atoms with van der Waals surface area (Å²) in [5, 5.41) is 11.0. The van der Waals surface area contributed by atoms with E-state index < -0.39 is 17.7 Å². The van der Waals surface area contributed by atoms with Gasteiger partial charge in [-0.15, -0.1) is 0 Å². The van der Waals surface area contributed by atoms with E-state index in [0.717, 1.165) is 22.9 Å². The fraction of sp³-hybridized carbons (Fsp3) is 0.360. The Morgan fingerprint density at radius 2 is 1.63 bits per heavy atom. The first-order valence-corrected chi connectivity index (χ1v) is 11.1. The molecule has 30 heavy (non-hydrogen) atoms. The molecule has 0 aliphatic carbocycles. The highest BCUT2D eigenvalue weighted by Crippen LogP contribution is 2.40. The van der Waals surface area contributed by atoms with E-state index in [0.29, 0.717) is 12.1 Å². The lowest BCUT2D eigenvalue weighted by atomic mass is 9.85. The first-order chi connectivity index (χ1) is 14.1. The number of likely N-dealkylation sites (tertiary alicyclic amines) is 1. The summed E-state index contributed by atoms with van der Waals surface area (Å²) >= 11 is 3.38. The maximum atomic E-state index is 13.0. The third-order valence-corrected chi connectivity index (χ3v) is 6.03. The minimum atomic E-state index is -0.628. The van der Waals surface area contributed by atoms with Crippen LogP contribution in [0.1, 0.15) is 63.3 Å². The Bertz CT molecular complexity index is 969. The van der Waals surface area contributed by atoms with Gasteiger partial charge in [0.1, 0.15) is 5.76 Å². The molecular weight excluding hydrogens is 442 g/mol. The van der Waals surface area contributed by atoms with E-state index in [-0.39, 0.29) is 16.7 Å². The molecule has 158 valence electrons. The Balaban J connectivity index is 2.13. The largest absolute Gasteiger partial charge is 0.507 e. The van der Waals surface area contributed by atoms with Gasteiger partial charge in [0, 0.05) is 16.6 Å². The normalized spacial score (nSPS) is 18.8. The Morgan fingerprint density at radius 1 is 1.03 bits per heavy atom. The minimum absolute atomic E-state index is 0.0000239. The van der Waals surface area contributed by atoms with Crippen molar-refractivity contribution in [1.29, 1.82) is 0 Å². The third kappa shape index (κ3) is 4.36. The highest BCUT2D eigenvalue weighted by molar-refractivity contribution is 9.10. The van der Waals surface area contributed by atoms with E-state index in [4.69, 9.17) is 0 Å². The number of benzene rings is 2. The van der Waals surface area contributed by atoms with E-state index >= 15 is 0 Å². The molecule has 5 heteroatoms. The number of halogens is 1. The highest BCUT2D eigenvalue weighted by atomic mass is 79.9. The molecule has 0 aromatic heterocycles. The van der Waals surface area contributed by atoms with Gasteiger partial charge in [0.25, 0.3) is 11.7 Å². The molecule has 0 radical (unpaired) electrons. The molecule has 0 saturated carbocycles. The molecule has 1 aliphatic heterocycles. The average Bonchev–Trinajstić information content (AvgIpc) is 2.96. The SMILES string of the molecule is CCCCN1C(=O)C(=O)/C(=C(\O)c2ccc(Br)cc2)C1c1ccc(C(C)(C)C)cc1. The second-order valence-electron chi connectivity index (χ2n) is 8.72. The summed E-state index contributed by atoms with van der Waals surface area (Å²) in [6.07, 6.45) is 1.70. The van der Waals surface area contributed by atoms with Crippen LogP contribution in [-0.4, -0.2) is 28.2 Å². The van der Waals surface area contributed by atoms with Gasteiger partial charge >= 0.3 is 0 Å². The van der Waals surface area contributed by atoms with Crippen LogP contribution in [0, 0.1) is 0 Å². The first-order valence-electron chi connectivity index (χ1n) is 10.3. The van der Waals surface area contributed by atoms with Crippen LogP contribution in [0.5, 0.6) is 0 Å². The van der Waals surface area contributed by atoms with Crippen LogP contribution in [0.15, 0.2) is 58.6 Å². The number of hydrogen-bond acceptors (Lipinski definition) is 3. The van der Waals surface area contributed by atoms with Gasteiger partial charge in [0.2, 0.25) is 0 Å². The van der Waals surface area contributed by atoms with E-state index in [1.807, 2.05) is 31.2 Å². The predicted molar refractivity (Wildman–Crippen MR) is 123 cm³/mol. The van der Waals surface area contributed by atoms with Crippen molar-refractivity contribution in [2.24, 2.45) is 0 Å². The zero-order valence-corrected chi connectivity index (χ0v) is 19.5. The van der Waals surface area contributed by atoms with Crippen molar-refractivity contribution in [2.75, 3.05) is 6.54 Å². The van der Waals surface area contributed by atoms with Gasteiger partial charge in [-0.05, 0) is 35.1 Å². The van der Waals surface area contributed by atoms with Crippen molar-refractivity contribution in [3.8, 4) is 0 Å². The molecule has 0 spiro atoms. The van der Waals surface area contributed by atoms with Gasteiger partial charge < -0.3 is 10.0 Å². The van der Waals surface area contributed by atoms with Gasteiger partial charge in [-0.3, -0.25) is 9.59 Å². The van der Waals surface area contributed by atoms with Crippen LogP contribution >= 0.6 is 15.9 Å². The van der Waals surface area contributed by atoms with Crippen LogP contribution in [0.3, 0.4) is 0 Å². The van der Waals surface area contributed by atoms with Gasteiger partial charge in [-0.25, -0.2) is 0 Å². The van der Waals surface area contributed by atoms with Crippen molar-refractivity contribution < 1.29 is 14.7 Å². The number of Topliss-reactive ketones (excluding diaryl/α,β-unsaturated/α-hetero) is 1. The lowest BCUT2D eigenvalue weighted by molar-refractivity contribution is -0.139. The molecule has 1 saturated heterocycles. The summed E-state index contributed by atoms with van der Waals surface area (Å²) in [6, 6.07) is 14.5. The molecule has 1 fully saturated rings. The molecule has 1 atom stereocenters. The summed E-state index contributed by atoms with van der Waals surface area (Å²) in [7, 11) is 0. The van der Waals surface area contributed by atoms with Crippen LogP contribution in [0.2, 0.25) is 0 Å². The molecule has 3 rings (SSSR count). The number of carbonyl (C=O) groups excluding carboxylic acids is 2. The first kappa shape index (κ1) is 22.3. The average molecular weight is 470 g/mol. The van der Waals surface area contributed by atoms with Crippen molar-refractivity contribution >= 4 is 33.4 Å². The summed E-state index contributed by atoms with van der Waals surface area (Å²) in [5.74, 6) is -1.31. The molecule has 2 aromatic carbocycles. The van der Waals surface area contributed by atoms with Crippen molar-refractivity contribution in [2.45, 2.75) is 52.0 Å². The maximum Gasteiger partial charge on any atom is 0.295 e. The van der Waals surface area contributed by atoms with Crippen molar-refractivity contribution in [3.63, 3.8) is 0 Å². The molecule has 2 aromatic rings. The fourth-order valence-electron chi connectivity index (χ4n) is 3.71. The standard InChI is InChI=1S/C25H28BrNO3/c1-5-6-15-27-21(16-7-11-18(12-8-16)25(2,3)4)20(23(29)24(27)30)22(28)17-9-13-19(26)14-10-17/h7-14,21,28H,5-6,15H2,1-4H3/b22-20-. The number of amides is 1. The lowest BCUT2D eigenvalue weighted by Crippen LogP contribution is -2.30. The summed E-state index contributed by atoms with van der Waals surface area (Å²) < 4.78 is 0.872. The minimum Gasteiger partial charge on any atom is -0.507 e. The van der Waals surface area contributed by atoms with Crippen LogP contribution in [0.4, 0.5) is 0 Å². The Kier molecular flexibility index (Phi) is 6.51. The lowest BCUT2D eigenvalue weighted by Gasteiger charge is -2.26. The number of carbonyl (C=O) groups is 2. The number of nitrogens with zero attached hydrogens (tertiary/aromatic N) is 1. The fourth-order valence-corrected chi connectivity index (χ4v) is 3.98. The van der Waals surface area contributed by atoms with E-state index in [1.165, 1.54) is 5.56 Å². The van der Waals surface area contributed by atoms with Crippen LogP contribution in [0.25, 0.3) is 5.76 Å². The molecular formula is C25H28BrNO3. The van der Waals surface area contributed by atoms with Gasteiger partial charge in [0.05, 0.1) is 11.6 Å². The van der Waals surface area contributed by atoms with Gasteiger partial charge in [-0.2, -0.15) is 0 Å². The smallest absolute Gasteiger partial charge is 0.295 e. The molecule has 1 N–H and O–H groups in total. The Morgan fingerprint density at radius 3 is 2.17 bits per heavy atom. The zero-order valence-electron chi connectivity index (χ0n) is 17.9. The Labute approximate surface area is 186 Å². The highest BCUT2D eigenvalue weighted by Gasteiger charge is 2.45. The molecule has 1 aliphatic rings. The number of rotatable bonds is 5. The van der Waals surface area contributed by atoms with Crippen LogP contribution in [-0.2, 0) is 15.0 Å². The number of ketones is 1. The summed E-state index contributed by atoms with van der Waals surface area (Å²) in [5.41, 5.74) is 2.67. The number of hydrogen-bond donors (Lipinski definition) is 1. The van der Waals surface area contributed by atoms with E-state index in [2.05, 4.69) is 36.7 Å². The zero-order chi connectivity index (χ0) is 22.1. The van der Waals surface area contributed by atoms with Crippen molar-refractivity contribution in [1.82, 2.24) is 4.90 Å². The molecule has 1 unspecified atom stereocenters. The van der Waals surface area contributed by atoms with Gasteiger partial charge in [0.15, 0.2) is 0 Å². The van der Waals surface area contributed by atoms with Crippen molar-refractivity contribution in [3.05, 3.63) is 75.3 Å². The van der Waals surface area contributed by atoms with E-state index in [1.54, 1.807) is 29.2 Å². The quantitative estimate of drug-likeness (QED) is 0.333. The molecule has 1 amide bonds. The number of aliphatic hydroxyl groups is 1. The molecule has 4 nitrogen and oxygen atoms in total. The summed E-state index contributed by atoms with van der Waals surface area (Å²) in [4.78, 5) is 27.4. The summed E-state index contributed by atoms with van der Waals surface area (Å²) in [6.45, 7) is 8.95. The second kappa shape index (κ2) is 8.76. The van der Waals surface area contributed by atoms with Crippen LogP contribution < -0.4 is 0 Å². The predicted octanol–water partition coefficient (Wildman–Crippen LogP) is 5.97. The molecule has 1 heterocycles. The van der Waals surface area contributed by atoms with E-state index in [9.17, 15) is 14.7 Å².